The fourth-order valence-electron chi connectivity index (χ4n) is 1.29. The molecule has 0 bridgehead atoms. The third-order valence-electron chi connectivity index (χ3n) is 2.27. The molecule has 0 aliphatic rings. The van der Waals surface area contributed by atoms with Crippen LogP contribution in [0.25, 0.3) is 0 Å². The lowest BCUT2D eigenvalue weighted by molar-refractivity contribution is 0.369. The highest BCUT2D eigenvalue weighted by Crippen LogP contribution is 2.43. The van der Waals surface area contributed by atoms with Gasteiger partial charge in [0.2, 0.25) is 0 Å². The van der Waals surface area contributed by atoms with E-state index >= 15 is 0 Å². The Morgan fingerprint density at radius 1 is 0.579 bits per heavy atom. The number of hydrogen-bond acceptors (Lipinski definition) is 3. The van der Waals surface area contributed by atoms with Gasteiger partial charge in [-0.1, -0.05) is 0 Å². The molecular formula is C7H18O9P3. The third-order valence-corrected chi connectivity index (χ3v) is 4.69. The van der Waals surface area contributed by atoms with E-state index < -0.39 is 41.3 Å². The van der Waals surface area contributed by atoms with Crippen molar-refractivity contribution in [2.75, 3.05) is 18.5 Å². The van der Waals surface area contributed by atoms with E-state index in [1.807, 2.05) is 0 Å². The van der Waals surface area contributed by atoms with E-state index in [0.29, 0.717) is 5.92 Å². The Labute approximate surface area is 110 Å². The first-order chi connectivity index (χ1) is 8.29. The molecule has 0 aromatic rings. The van der Waals surface area contributed by atoms with E-state index in [4.69, 9.17) is 29.4 Å². The lowest BCUT2D eigenvalue weighted by atomic mass is 10.0. The van der Waals surface area contributed by atoms with Crippen LogP contribution in [0.2, 0.25) is 0 Å². The maximum Gasteiger partial charge on any atom is 0.325 e. The van der Waals surface area contributed by atoms with Gasteiger partial charge in [-0.15, -0.1) is 0 Å². The molecule has 0 unspecified atom stereocenters. The van der Waals surface area contributed by atoms with Gasteiger partial charge < -0.3 is 29.4 Å². The van der Waals surface area contributed by atoms with E-state index in [0.717, 1.165) is 0 Å². The highest BCUT2D eigenvalue weighted by Gasteiger charge is 2.24. The lowest BCUT2D eigenvalue weighted by Gasteiger charge is -2.17. The summed E-state index contributed by atoms with van der Waals surface area (Å²) in [5.41, 5.74) is 0. The zero-order valence-electron chi connectivity index (χ0n) is 9.99. The minimum atomic E-state index is -4.26. The van der Waals surface area contributed by atoms with Crippen LogP contribution in [0.4, 0.5) is 0 Å². The van der Waals surface area contributed by atoms with Crippen LogP contribution < -0.4 is 0 Å². The first-order valence-electron chi connectivity index (χ1n) is 5.26. The van der Waals surface area contributed by atoms with Crippen LogP contribution in [0.1, 0.15) is 19.3 Å². The van der Waals surface area contributed by atoms with Gasteiger partial charge in [0.15, 0.2) is 0 Å². The summed E-state index contributed by atoms with van der Waals surface area (Å²) >= 11 is 0. The average molecular weight is 339 g/mol. The van der Waals surface area contributed by atoms with Crippen molar-refractivity contribution in [3.05, 3.63) is 5.92 Å². The van der Waals surface area contributed by atoms with Crippen LogP contribution in [0.15, 0.2) is 0 Å². The second-order valence-corrected chi connectivity index (χ2v) is 9.49. The van der Waals surface area contributed by atoms with Gasteiger partial charge in [-0.25, -0.2) is 0 Å². The van der Waals surface area contributed by atoms with Crippen molar-refractivity contribution < 1.29 is 43.1 Å². The van der Waals surface area contributed by atoms with E-state index in [-0.39, 0.29) is 19.3 Å². The van der Waals surface area contributed by atoms with Crippen LogP contribution in [0.3, 0.4) is 0 Å². The fraction of sp³-hybridized carbons (Fsp3) is 0.857. The van der Waals surface area contributed by atoms with Crippen LogP contribution >= 0.6 is 22.8 Å². The maximum atomic E-state index is 10.7. The smallest absolute Gasteiger partial charge is 0.324 e. The van der Waals surface area contributed by atoms with Crippen molar-refractivity contribution >= 4 is 22.8 Å². The van der Waals surface area contributed by atoms with E-state index in [1.165, 1.54) is 0 Å². The quantitative estimate of drug-likeness (QED) is 0.322. The van der Waals surface area contributed by atoms with Gasteiger partial charge in [-0.3, -0.25) is 13.7 Å². The lowest BCUT2D eigenvalue weighted by Crippen LogP contribution is -2.07. The van der Waals surface area contributed by atoms with E-state index in [9.17, 15) is 13.7 Å². The van der Waals surface area contributed by atoms with Crippen molar-refractivity contribution in [2.45, 2.75) is 19.3 Å². The van der Waals surface area contributed by atoms with Gasteiger partial charge in [0.25, 0.3) is 0 Å². The second kappa shape index (κ2) is 7.46. The summed E-state index contributed by atoms with van der Waals surface area (Å²) in [6, 6.07) is 0. The minimum absolute atomic E-state index is 0.121. The van der Waals surface area contributed by atoms with Crippen LogP contribution in [-0.4, -0.2) is 47.8 Å². The predicted molar refractivity (Wildman–Crippen MR) is 67.8 cm³/mol. The molecule has 0 saturated carbocycles. The van der Waals surface area contributed by atoms with Gasteiger partial charge in [-0.05, 0) is 25.2 Å². The minimum Gasteiger partial charge on any atom is -0.324 e. The third kappa shape index (κ3) is 14.7. The molecule has 9 nitrogen and oxygen atoms in total. The average Bonchev–Trinajstić information content (AvgIpc) is 2.11. The Kier molecular flexibility index (Phi) is 7.63. The summed E-state index contributed by atoms with van der Waals surface area (Å²) in [6.07, 6.45) is -1.89. The molecule has 115 valence electrons. The first kappa shape index (κ1) is 19.4. The van der Waals surface area contributed by atoms with Crippen molar-refractivity contribution in [3.63, 3.8) is 0 Å². The fourth-order valence-corrected chi connectivity index (χ4v) is 3.11. The Bertz CT molecular complexity index is 342. The molecule has 0 aromatic heterocycles. The molecule has 0 spiro atoms. The standard InChI is InChI=1S/C7H18O9P3/c8-17(9,10)4-1-7(2-5-18(11,12)13)3-6-19(14,15)16/h1-6H2,(H2,8,9,10)(H2,11,12,13)(H2,14,15,16). The van der Waals surface area contributed by atoms with Crippen molar-refractivity contribution in [1.29, 1.82) is 0 Å². The highest BCUT2D eigenvalue weighted by atomic mass is 31.2. The van der Waals surface area contributed by atoms with E-state index in [1.54, 1.807) is 0 Å². The first-order valence-corrected chi connectivity index (χ1v) is 10.6. The zero-order valence-corrected chi connectivity index (χ0v) is 12.7. The molecule has 0 aliphatic heterocycles. The maximum absolute atomic E-state index is 10.7. The van der Waals surface area contributed by atoms with Gasteiger partial charge >= 0.3 is 22.8 Å². The Hall–Kier alpha value is 0.450. The summed E-state index contributed by atoms with van der Waals surface area (Å²) < 4.78 is 32.1. The van der Waals surface area contributed by atoms with Crippen molar-refractivity contribution in [1.82, 2.24) is 0 Å². The number of rotatable bonds is 9. The van der Waals surface area contributed by atoms with Gasteiger partial charge in [-0.2, -0.15) is 0 Å². The zero-order chi connectivity index (χ0) is 15.3. The molecule has 0 fully saturated rings. The van der Waals surface area contributed by atoms with Crippen LogP contribution in [0.5, 0.6) is 0 Å². The predicted octanol–water partition coefficient (Wildman–Crippen LogP) is 0.264. The SMILES string of the molecule is O=P(O)(O)CC[C](CCP(=O)(O)O)CCP(=O)(O)O. The Morgan fingerprint density at radius 2 is 0.789 bits per heavy atom. The topological polar surface area (TPSA) is 173 Å². The monoisotopic (exact) mass is 339 g/mol. The normalized spacial score (nSPS) is 14.1. The molecule has 19 heavy (non-hydrogen) atoms. The Balaban J connectivity index is 4.42. The summed E-state index contributed by atoms with van der Waals surface area (Å²) in [5, 5.41) is 0. The molecule has 0 atom stereocenters. The van der Waals surface area contributed by atoms with Gasteiger partial charge in [0.1, 0.15) is 0 Å². The molecule has 1 radical (unpaired) electrons. The molecule has 0 aliphatic carbocycles. The molecule has 0 heterocycles. The molecule has 6 N–H and O–H groups in total. The molecule has 12 heteroatoms. The molecule has 0 rings (SSSR count). The van der Waals surface area contributed by atoms with E-state index in [2.05, 4.69) is 0 Å². The number of hydrogen-bond donors (Lipinski definition) is 6. The molecule has 0 saturated heterocycles. The summed E-state index contributed by atoms with van der Waals surface area (Å²) in [7, 11) is -12.8. The Morgan fingerprint density at radius 3 is 0.947 bits per heavy atom. The molecular weight excluding hydrogens is 321 g/mol. The summed E-state index contributed by atoms with van der Waals surface area (Å²) in [6.45, 7) is 0. The van der Waals surface area contributed by atoms with Gasteiger partial charge in [0.05, 0.1) is 18.5 Å². The van der Waals surface area contributed by atoms with Crippen molar-refractivity contribution in [2.24, 2.45) is 0 Å². The molecule has 0 aromatic carbocycles. The molecule has 0 amide bonds. The van der Waals surface area contributed by atoms with Crippen LogP contribution in [-0.2, 0) is 13.7 Å². The van der Waals surface area contributed by atoms with Gasteiger partial charge in [0, 0.05) is 0 Å². The second-order valence-electron chi connectivity index (χ2n) is 4.16. The van der Waals surface area contributed by atoms with Crippen LogP contribution in [0, 0.1) is 5.92 Å². The largest absolute Gasteiger partial charge is 0.325 e. The summed E-state index contributed by atoms with van der Waals surface area (Å²) in [5.74, 6) is 0.329. The summed E-state index contributed by atoms with van der Waals surface area (Å²) in [4.78, 5) is 52.3. The highest BCUT2D eigenvalue weighted by molar-refractivity contribution is 7.52. The van der Waals surface area contributed by atoms with Crippen molar-refractivity contribution in [3.8, 4) is 0 Å².